The molecule has 3 heteroatoms. The van der Waals surface area contributed by atoms with E-state index in [0.29, 0.717) is 0 Å². The first-order chi connectivity index (χ1) is 5.84. The first-order valence-electron chi connectivity index (χ1n) is 3.88. The fourth-order valence-electron chi connectivity index (χ4n) is 0.803. The van der Waals surface area contributed by atoms with E-state index in [1.807, 2.05) is 13.0 Å². The Bertz CT molecular complexity index is 271. The van der Waals surface area contributed by atoms with Crippen molar-refractivity contribution in [1.29, 1.82) is 0 Å². The van der Waals surface area contributed by atoms with Crippen LogP contribution in [0.4, 0.5) is 0 Å². The summed E-state index contributed by atoms with van der Waals surface area (Å²) < 4.78 is 0. The van der Waals surface area contributed by atoms with Crippen molar-refractivity contribution in [3.05, 3.63) is 29.8 Å². The van der Waals surface area contributed by atoms with E-state index in [1.165, 1.54) is 0 Å². The Morgan fingerprint density at radius 2 is 2.25 bits per heavy atom. The van der Waals surface area contributed by atoms with Crippen molar-refractivity contribution >= 4 is 6.21 Å². The van der Waals surface area contributed by atoms with Gasteiger partial charge in [-0.25, -0.2) is 0 Å². The number of nitrogens with one attached hydrogen (secondary N) is 1. The van der Waals surface area contributed by atoms with Crippen LogP contribution in [0, 0.1) is 0 Å². The van der Waals surface area contributed by atoms with E-state index in [1.54, 1.807) is 24.4 Å². The van der Waals surface area contributed by atoms with E-state index in [9.17, 15) is 5.11 Å². The molecule has 2 N–H and O–H groups in total. The summed E-state index contributed by atoms with van der Waals surface area (Å²) >= 11 is 0. The second-order valence-corrected chi connectivity index (χ2v) is 2.33. The summed E-state index contributed by atoms with van der Waals surface area (Å²) in [4.78, 5) is 0. The second-order valence-electron chi connectivity index (χ2n) is 2.33. The minimum atomic E-state index is 0.249. The topological polar surface area (TPSA) is 44.6 Å². The molecule has 0 atom stereocenters. The average Bonchev–Trinajstić information content (AvgIpc) is 2.09. The Morgan fingerprint density at radius 1 is 1.50 bits per heavy atom. The number of phenols is 1. The number of hydrogen-bond donors (Lipinski definition) is 2. The number of hydrazone groups is 1. The lowest BCUT2D eigenvalue weighted by molar-refractivity contribution is 0.474. The van der Waals surface area contributed by atoms with Gasteiger partial charge in [0.15, 0.2) is 0 Å². The first-order valence-corrected chi connectivity index (χ1v) is 3.88. The molecule has 64 valence electrons. The standard InChI is InChI=1S/C9H12N2O/c1-2-10-11-7-8-5-3-4-6-9(8)12/h3-7,10,12H,2H2,1H3/b11-7+. The lowest BCUT2D eigenvalue weighted by atomic mass is 10.2. The van der Waals surface area contributed by atoms with Gasteiger partial charge in [-0.3, -0.25) is 0 Å². The summed E-state index contributed by atoms with van der Waals surface area (Å²) in [6, 6.07) is 7.07. The summed E-state index contributed by atoms with van der Waals surface area (Å²) in [7, 11) is 0. The molecule has 0 unspecified atom stereocenters. The predicted octanol–water partition coefficient (Wildman–Crippen LogP) is 1.34. The minimum absolute atomic E-state index is 0.249. The highest BCUT2D eigenvalue weighted by Crippen LogP contribution is 2.12. The monoisotopic (exact) mass is 164 g/mol. The molecule has 0 aliphatic heterocycles. The lowest BCUT2D eigenvalue weighted by Crippen LogP contribution is -2.03. The number of hydrogen-bond acceptors (Lipinski definition) is 3. The first kappa shape index (κ1) is 8.59. The molecule has 0 aliphatic carbocycles. The van der Waals surface area contributed by atoms with Crippen LogP contribution in [0.25, 0.3) is 0 Å². The molecule has 0 aromatic heterocycles. The number of phenolic OH excluding ortho intramolecular Hbond substituents is 1. The molecular formula is C9H12N2O. The van der Waals surface area contributed by atoms with Gasteiger partial charge in [0.25, 0.3) is 0 Å². The largest absolute Gasteiger partial charge is 0.507 e. The third-order valence-electron chi connectivity index (χ3n) is 1.39. The van der Waals surface area contributed by atoms with Crippen molar-refractivity contribution < 1.29 is 5.11 Å². The van der Waals surface area contributed by atoms with Gasteiger partial charge in [0, 0.05) is 12.1 Å². The van der Waals surface area contributed by atoms with E-state index in [4.69, 9.17) is 0 Å². The third-order valence-corrected chi connectivity index (χ3v) is 1.39. The van der Waals surface area contributed by atoms with Crippen LogP contribution in [0.15, 0.2) is 29.4 Å². The molecule has 1 aromatic rings. The maximum absolute atomic E-state index is 9.29. The lowest BCUT2D eigenvalue weighted by Gasteiger charge is -1.96. The maximum Gasteiger partial charge on any atom is 0.124 e. The molecule has 1 aromatic carbocycles. The van der Waals surface area contributed by atoms with E-state index in [2.05, 4.69) is 10.5 Å². The van der Waals surface area contributed by atoms with Crippen molar-refractivity contribution in [3.63, 3.8) is 0 Å². The highest BCUT2D eigenvalue weighted by molar-refractivity contribution is 5.82. The normalized spacial score (nSPS) is 10.4. The molecular weight excluding hydrogens is 152 g/mol. The fourth-order valence-corrected chi connectivity index (χ4v) is 0.803. The molecule has 3 nitrogen and oxygen atoms in total. The Hall–Kier alpha value is -1.51. The quantitative estimate of drug-likeness (QED) is 0.523. The molecule has 0 fully saturated rings. The Labute approximate surface area is 71.7 Å². The molecule has 0 radical (unpaired) electrons. The van der Waals surface area contributed by atoms with Crippen LogP contribution in [0.3, 0.4) is 0 Å². The third kappa shape index (κ3) is 2.27. The summed E-state index contributed by atoms with van der Waals surface area (Å²) in [6.45, 7) is 2.74. The number of aromatic hydroxyl groups is 1. The van der Waals surface area contributed by atoms with E-state index in [0.717, 1.165) is 12.1 Å². The van der Waals surface area contributed by atoms with Gasteiger partial charge in [-0.05, 0) is 19.1 Å². The summed E-state index contributed by atoms with van der Waals surface area (Å²) in [5.74, 6) is 0.249. The number of para-hydroxylation sites is 1. The van der Waals surface area contributed by atoms with Crippen LogP contribution < -0.4 is 5.43 Å². The summed E-state index contributed by atoms with van der Waals surface area (Å²) in [6.07, 6.45) is 1.60. The highest BCUT2D eigenvalue weighted by Gasteiger charge is 1.92. The van der Waals surface area contributed by atoms with Gasteiger partial charge in [-0.1, -0.05) is 12.1 Å². The van der Waals surface area contributed by atoms with Crippen molar-refractivity contribution in [3.8, 4) is 5.75 Å². The number of benzene rings is 1. The zero-order valence-electron chi connectivity index (χ0n) is 6.99. The predicted molar refractivity (Wildman–Crippen MR) is 49.4 cm³/mol. The molecule has 0 bridgehead atoms. The van der Waals surface area contributed by atoms with Crippen LogP contribution in [0.2, 0.25) is 0 Å². The number of rotatable bonds is 3. The molecule has 0 saturated carbocycles. The second kappa shape index (κ2) is 4.38. The molecule has 0 heterocycles. The Balaban J connectivity index is 2.68. The molecule has 0 amide bonds. The molecule has 0 spiro atoms. The highest BCUT2D eigenvalue weighted by atomic mass is 16.3. The van der Waals surface area contributed by atoms with Gasteiger partial charge in [-0.2, -0.15) is 5.10 Å². The van der Waals surface area contributed by atoms with Gasteiger partial charge in [0.1, 0.15) is 5.75 Å². The number of nitrogens with zero attached hydrogens (tertiary/aromatic N) is 1. The molecule has 1 rings (SSSR count). The van der Waals surface area contributed by atoms with Crippen LogP contribution in [-0.4, -0.2) is 17.9 Å². The average molecular weight is 164 g/mol. The SMILES string of the molecule is CCN/N=C/c1ccccc1O. The Morgan fingerprint density at radius 3 is 2.92 bits per heavy atom. The summed E-state index contributed by atoms with van der Waals surface area (Å²) in [5.41, 5.74) is 3.50. The van der Waals surface area contributed by atoms with Crippen molar-refractivity contribution in [2.24, 2.45) is 5.10 Å². The van der Waals surface area contributed by atoms with Crippen LogP contribution in [0.1, 0.15) is 12.5 Å². The minimum Gasteiger partial charge on any atom is -0.507 e. The molecule has 0 saturated heterocycles. The maximum atomic E-state index is 9.29. The van der Waals surface area contributed by atoms with Gasteiger partial charge in [-0.15, -0.1) is 0 Å². The fraction of sp³-hybridized carbons (Fsp3) is 0.222. The summed E-state index contributed by atoms with van der Waals surface area (Å²) in [5, 5.41) is 13.2. The Kier molecular flexibility index (Phi) is 3.14. The molecule has 0 aliphatic rings. The zero-order chi connectivity index (χ0) is 8.81. The van der Waals surface area contributed by atoms with Gasteiger partial charge in [0.05, 0.1) is 6.21 Å². The zero-order valence-corrected chi connectivity index (χ0v) is 6.99. The van der Waals surface area contributed by atoms with E-state index >= 15 is 0 Å². The van der Waals surface area contributed by atoms with Crippen molar-refractivity contribution in [2.45, 2.75) is 6.92 Å². The van der Waals surface area contributed by atoms with Crippen LogP contribution in [-0.2, 0) is 0 Å². The van der Waals surface area contributed by atoms with Gasteiger partial charge >= 0.3 is 0 Å². The molecule has 12 heavy (non-hydrogen) atoms. The van der Waals surface area contributed by atoms with Gasteiger partial charge in [0.2, 0.25) is 0 Å². The van der Waals surface area contributed by atoms with E-state index in [-0.39, 0.29) is 5.75 Å². The van der Waals surface area contributed by atoms with Crippen molar-refractivity contribution in [1.82, 2.24) is 5.43 Å². The smallest absolute Gasteiger partial charge is 0.124 e. The van der Waals surface area contributed by atoms with Crippen LogP contribution >= 0.6 is 0 Å². The van der Waals surface area contributed by atoms with Crippen molar-refractivity contribution in [2.75, 3.05) is 6.54 Å². The van der Waals surface area contributed by atoms with Gasteiger partial charge < -0.3 is 10.5 Å². The van der Waals surface area contributed by atoms with E-state index < -0.39 is 0 Å². The van der Waals surface area contributed by atoms with Crippen LogP contribution in [0.5, 0.6) is 5.75 Å².